The monoisotopic (exact) mass is 491 g/mol. The molecule has 0 radical (unpaired) electrons. The first-order valence-corrected chi connectivity index (χ1v) is 11.5. The van der Waals surface area contributed by atoms with Gasteiger partial charge in [-0.2, -0.15) is 0 Å². The molecule has 1 atom stereocenters. The molecular formula is C27H29N3O6. The largest absolute Gasteiger partial charge is 0.496 e. The molecule has 2 aromatic carbocycles. The Morgan fingerprint density at radius 1 is 1.19 bits per heavy atom. The van der Waals surface area contributed by atoms with Crippen LogP contribution in [0.1, 0.15) is 42.8 Å². The zero-order chi connectivity index (χ0) is 25.7. The van der Waals surface area contributed by atoms with Crippen LogP contribution in [0.25, 0.3) is 11.5 Å². The van der Waals surface area contributed by atoms with Crippen molar-refractivity contribution in [1.82, 2.24) is 15.3 Å². The average molecular weight is 492 g/mol. The van der Waals surface area contributed by atoms with Crippen LogP contribution in [-0.2, 0) is 17.8 Å². The van der Waals surface area contributed by atoms with Gasteiger partial charge in [0.05, 0.1) is 25.0 Å². The highest BCUT2D eigenvalue weighted by Crippen LogP contribution is 2.29. The lowest BCUT2D eigenvalue weighted by molar-refractivity contribution is -0.152. The smallest absolute Gasteiger partial charge is 0.347 e. The minimum Gasteiger partial charge on any atom is -0.496 e. The number of hydrogen-bond acceptors (Lipinski definition) is 8. The summed E-state index contributed by atoms with van der Waals surface area (Å²) in [5.41, 5.74) is 1.10. The molecule has 0 fully saturated rings. The van der Waals surface area contributed by atoms with Crippen LogP contribution in [0, 0.1) is 6.92 Å². The number of carboxylic acid groups (broad SMARTS) is 1. The van der Waals surface area contributed by atoms with Gasteiger partial charge < -0.3 is 28.7 Å². The second kappa shape index (κ2) is 10.7. The normalized spacial score (nSPS) is 12.3. The Labute approximate surface area is 209 Å². The fraction of sp³-hybridized carbons (Fsp3) is 0.296. The van der Waals surface area contributed by atoms with E-state index in [0.717, 1.165) is 22.6 Å². The second-order valence-corrected chi connectivity index (χ2v) is 8.79. The lowest BCUT2D eigenvalue weighted by Crippen LogP contribution is -2.37. The fourth-order valence-electron chi connectivity index (χ4n) is 3.70. The molecule has 0 spiro atoms. The number of aryl methyl sites for hydroxylation is 1. The standard InChI is InChI=1S/C27H29N3O6/c1-17-21(30-24(35-17)18-8-6-5-7-9-18)15-22(25-28-12-13-34-25)29-16-19-14-20(10-11-23(19)33-4)36-27(2,3)26(31)32/h5-14,22,29H,15-16H2,1-4H3,(H,31,32). The molecule has 0 aliphatic heterocycles. The van der Waals surface area contributed by atoms with E-state index < -0.39 is 11.6 Å². The van der Waals surface area contributed by atoms with Crippen molar-refractivity contribution in [2.45, 2.75) is 45.4 Å². The summed E-state index contributed by atoms with van der Waals surface area (Å²) in [6.07, 6.45) is 3.60. The van der Waals surface area contributed by atoms with Gasteiger partial charge in [0.2, 0.25) is 11.8 Å². The van der Waals surface area contributed by atoms with Gasteiger partial charge >= 0.3 is 5.97 Å². The molecule has 0 saturated carbocycles. The number of carbonyl (C=O) groups is 1. The highest BCUT2D eigenvalue weighted by atomic mass is 16.5. The van der Waals surface area contributed by atoms with E-state index in [1.165, 1.54) is 20.1 Å². The van der Waals surface area contributed by atoms with E-state index in [0.29, 0.717) is 36.2 Å². The summed E-state index contributed by atoms with van der Waals surface area (Å²) in [7, 11) is 1.58. The SMILES string of the molecule is COc1ccc(OC(C)(C)C(=O)O)cc1CNC(Cc1nc(-c2ccccc2)oc1C)c1ncco1. The number of benzene rings is 2. The molecule has 0 aliphatic carbocycles. The van der Waals surface area contributed by atoms with Gasteiger partial charge in [0.1, 0.15) is 23.5 Å². The summed E-state index contributed by atoms with van der Waals surface area (Å²) in [5, 5.41) is 12.9. The topological polar surface area (TPSA) is 120 Å². The molecule has 188 valence electrons. The van der Waals surface area contributed by atoms with Crippen LogP contribution in [0.4, 0.5) is 0 Å². The molecule has 1 unspecified atom stereocenters. The van der Waals surface area contributed by atoms with E-state index in [9.17, 15) is 9.90 Å². The van der Waals surface area contributed by atoms with Crippen LogP contribution in [-0.4, -0.2) is 33.8 Å². The number of methoxy groups -OCH3 is 1. The molecule has 0 amide bonds. The van der Waals surface area contributed by atoms with E-state index in [1.807, 2.05) is 37.3 Å². The number of carboxylic acids is 1. The summed E-state index contributed by atoms with van der Waals surface area (Å²) >= 11 is 0. The van der Waals surface area contributed by atoms with Crippen molar-refractivity contribution < 1.29 is 28.2 Å². The predicted molar refractivity (Wildman–Crippen MR) is 132 cm³/mol. The highest BCUT2D eigenvalue weighted by Gasteiger charge is 2.29. The van der Waals surface area contributed by atoms with Crippen molar-refractivity contribution >= 4 is 5.97 Å². The number of aromatic nitrogens is 2. The molecule has 4 aromatic rings. The second-order valence-electron chi connectivity index (χ2n) is 8.79. The molecule has 4 rings (SSSR count). The van der Waals surface area contributed by atoms with Crippen LogP contribution in [0.2, 0.25) is 0 Å². The van der Waals surface area contributed by atoms with Crippen molar-refractivity contribution in [2.75, 3.05) is 7.11 Å². The molecule has 0 bridgehead atoms. The third-order valence-corrected chi connectivity index (χ3v) is 5.74. The predicted octanol–water partition coefficient (Wildman–Crippen LogP) is 4.96. The van der Waals surface area contributed by atoms with Crippen molar-refractivity contribution in [1.29, 1.82) is 0 Å². The zero-order valence-corrected chi connectivity index (χ0v) is 20.6. The molecule has 36 heavy (non-hydrogen) atoms. The first-order chi connectivity index (χ1) is 17.3. The van der Waals surface area contributed by atoms with Gasteiger partial charge in [-0.3, -0.25) is 0 Å². The van der Waals surface area contributed by atoms with Crippen molar-refractivity contribution in [3.8, 4) is 23.0 Å². The lowest BCUT2D eigenvalue weighted by atomic mass is 10.1. The van der Waals surface area contributed by atoms with E-state index in [2.05, 4.69) is 10.3 Å². The Balaban J connectivity index is 1.55. The van der Waals surface area contributed by atoms with Gasteiger partial charge in [0, 0.05) is 24.1 Å². The van der Waals surface area contributed by atoms with Crippen LogP contribution in [0.5, 0.6) is 11.5 Å². The quantitative estimate of drug-likeness (QED) is 0.300. The Kier molecular flexibility index (Phi) is 7.40. The maximum absolute atomic E-state index is 11.5. The molecule has 2 heterocycles. The van der Waals surface area contributed by atoms with Gasteiger partial charge in [0.25, 0.3) is 0 Å². The number of aliphatic carboxylic acids is 1. The number of nitrogens with one attached hydrogen (secondary N) is 1. The van der Waals surface area contributed by atoms with Crippen molar-refractivity contribution in [3.05, 3.63) is 83.9 Å². The maximum atomic E-state index is 11.5. The summed E-state index contributed by atoms with van der Waals surface area (Å²) < 4.78 is 22.7. The maximum Gasteiger partial charge on any atom is 0.347 e. The Morgan fingerprint density at radius 3 is 2.64 bits per heavy atom. The van der Waals surface area contributed by atoms with Crippen LogP contribution in [0.15, 0.2) is 69.8 Å². The van der Waals surface area contributed by atoms with Crippen molar-refractivity contribution in [3.63, 3.8) is 0 Å². The van der Waals surface area contributed by atoms with Gasteiger partial charge in [-0.15, -0.1) is 0 Å². The minimum absolute atomic E-state index is 0.308. The minimum atomic E-state index is -1.37. The van der Waals surface area contributed by atoms with E-state index in [-0.39, 0.29) is 6.04 Å². The molecular weight excluding hydrogens is 462 g/mol. The molecule has 0 saturated heterocycles. The van der Waals surface area contributed by atoms with E-state index in [1.54, 1.807) is 31.5 Å². The highest BCUT2D eigenvalue weighted by molar-refractivity contribution is 5.76. The van der Waals surface area contributed by atoms with Gasteiger partial charge in [-0.1, -0.05) is 18.2 Å². The summed E-state index contributed by atoms with van der Waals surface area (Å²) in [4.78, 5) is 20.5. The number of oxazole rings is 2. The van der Waals surface area contributed by atoms with Gasteiger partial charge in [0.15, 0.2) is 5.60 Å². The Bertz CT molecular complexity index is 1300. The Hall–Kier alpha value is -4.11. The van der Waals surface area contributed by atoms with Crippen molar-refractivity contribution in [2.24, 2.45) is 0 Å². The molecule has 9 heteroatoms. The first kappa shape index (κ1) is 25.0. The lowest BCUT2D eigenvalue weighted by Gasteiger charge is -2.23. The van der Waals surface area contributed by atoms with Crippen LogP contribution in [0.3, 0.4) is 0 Å². The molecule has 0 aliphatic rings. The summed E-state index contributed by atoms with van der Waals surface area (Å²) in [6, 6.07) is 14.6. The molecule has 2 aromatic heterocycles. The first-order valence-electron chi connectivity index (χ1n) is 11.5. The number of nitrogens with zero attached hydrogens (tertiary/aromatic N) is 2. The van der Waals surface area contributed by atoms with E-state index in [4.69, 9.17) is 23.3 Å². The molecule has 9 nitrogen and oxygen atoms in total. The summed E-state index contributed by atoms with van der Waals surface area (Å²) in [6.45, 7) is 5.26. The zero-order valence-electron chi connectivity index (χ0n) is 20.6. The summed E-state index contributed by atoms with van der Waals surface area (Å²) in [5.74, 6) is 1.79. The van der Waals surface area contributed by atoms with Crippen LogP contribution >= 0.6 is 0 Å². The van der Waals surface area contributed by atoms with Gasteiger partial charge in [-0.05, 0) is 51.1 Å². The number of hydrogen-bond donors (Lipinski definition) is 2. The van der Waals surface area contributed by atoms with E-state index >= 15 is 0 Å². The fourth-order valence-corrected chi connectivity index (χ4v) is 3.70. The number of rotatable bonds is 11. The average Bonchev–Trinajstić information content (AvgIpc) is 3.52. The Morgan fingerprint density at radius 2 is 1.97 bits per heavy atom. The molecule has 2 N–H and O–H groups in total. The number of ether oxygens (including phenoxy) is 2. The third-order valence-electron chi connectivity index (χ3n) is 5.74. The third kappa shape index (κ3) is 5.75. The van der Waals surface area contributed by atoms with Gasteiger partial charge in [-0.25, -0.2) is 14.8 Å². The van der Waals surface area contributed by atoms with Crippen LogP contribution < -0.4 is 14.8 Å².